The van der Waals surface area contributed by atoms with Gasteiger partial charge >= 0.3 is 8.80 Å². The molecule has 110 valence electrons. The summed E-state index contributed by atoms with van der Waals surface area (Å²) in [6.45, 7) is 7.84. The topological polar surface area (TPSA) is 27.7 Å². The van der Waals surface area contributed by atoms with Crippen molar-refractivity contribution in [2.75, 3.05) is 26.1 Å². The highest BCUT2D eigenvalue weighted by molar-refractivity contribution is 6.60. The minimum atomic E-state index is -3.05. The summed E-state index contributed by atoms with van der Waals surface area (Å²) in [7, 11) is -3.05. The van der Waals surface area contributed by atoms with Crippen molar-refractivity contribution in [1.29, 1.82) is 0 Å². The van der Waals surface area contributed by atoms with Crippen LogP contribution in [0, 0.1) is 0 Å². The minimum Gasteiger partial charge on any atom is -0.372 e. The van der Waals surface area contributed by atoms with Crippen LogP contribution in [0.1, 0.15) is 59.3 Å². The third-order valence-corrected chi connectivity index (χ3v) is 4.88. The van der Waals surface area contributed by atoms with Crippen LogP contribution in [-0.2, 0) is 13.3 Å². The average molecular weight is 280 g/mol. The van der Waals surface area contributed by atoms with Crippen LogP contribution in [0.4, 0.5) is 4.39 Å². The first kappa shape index (κ1) is 18.0. The fraction of sp³-hybridized carbons (Fsp3) is 1.00. The van der Waals surface area contributed by atoms with Gasteiger partial charge in [0.2, 0.25) is 0 Å². The Labute approximate surface area is 112 Å². The molecule has 0 amide bonds. The second kappa shape index (κ2) is 12.1. The Morgan fingerprint density at radius 1 is 0.722 bits per heavy atom. The number of hydrogen-bond acceptors (Lipinski definition) is 3. The largest absolute Gasteiger partial charge is 0.533 e. The van der Waals surface area contributed by atoms with Crippen LogP contribution in [0.3, 0.4) is 0 Å². The van der Waals surface area contributed by atoms with Gasteiger partial charge in [0.25, 0.3) is 0 Å². The van der Waals surface area contributed by atoms with Gasteiger partial charge in [0.15, 0.2) is 6.30 Å². The summed E-state index contributed by atoms with van der Waals surface area (Å²) in [5.41, 5.74) is 0. The maximum absolute atomic E-state index is 13.3. The van der Waals surface area contributed by atoms with Crippen molar-refractivity contribution in [2.24, 2.45) is 0 Å². The van der Waals surface area contributed by atoms with Crippen LogP contribution in [-0.4, -0.2) is 34.9 Å². The van der Waals surface area contributed by atoms with Crippen molar-refractivity contribution in [1.82, 2.24) is 0 Å². The molecular formula is C13H29FO3Si. The maximum Gasteiger partial charge on any atom is 0.533 e. The minimum absolute atomic E-state index is 0.533. The maximum atomic E-state index is 13.3. The van der Waals surface area contributed by atoms with E-state index >= 15 is 0 Å². The van der Waals surface area contributed by atoms with Crippen LogP contribution in [0.5, 0.6) is 0 Å². The Bertz CT molecular complexity index is 155. The molecular weight excluding hydrogens is 251 g/mol. The molecule has 0 atom stereocenters. The Morgan fingerprint density at radius 2 is 1.06 bits per heavy atom. The predicted octanol–water partition coefficient (Wildman–Crippen LogP) is 3.88. The van der Waals surface area contributed by atoms with E-state index in [1.165, 1.54) is 0 Å². The van der Waals surface area contributed by atoms with Gasteiger partial charge in [0.1, 0.15) is 0 Å². The van der Waals surface area contributed by atoms with Gasteiger partial charge in [-0.3, -0.25) is 0 Å². The van der Waals surface area contributed by atoms with E-state index in [1.54, 1.807) is 0 Å². The molecule has 0 saturated heterocycles. The van der Waals surface area contributed by atoms with Gasteiger partial charge in [0, 0.05) is 19.8 Å². The SMILES string of the molecule is CCCCO[Si](CF)(OCCCC)OCCCC. The molecule has 18 heavy (non-hydrogen) atoms. The standard InChI is InChI=1S/C13H29FO3Si/c1-4-7-10-15-18(13-14,16-11-8-5-2)17-12-9-6-3/h4-13H2,1-3H3. The first-order valence-corrected chi connectivity index (χ1v) is 9.15. The molecule has 0 unspecified atom stereocenters. The molecule has 0 heterocycles. The summed E-state index contributed by atoms with van der Waals surface area (Å²) in [4.78, 5) is 0. The molecule has 0 aromatic rings. The van der Waals surface area contributed by atoms with Crippen LogP contribution >= 0.6 is 0 Å². The zero-order valence-corrected chi connectivity index (χ0v) is 13.2. The molecule has 0 aromatic carbocycles. The van der Waals surface area contributed by atoms with Crippen molar-refractivity contribution < 1.29 is 17.7 Å². The molecule has 0 saturated carbocycles. The average Bonchev–Trinajstić information content (AvgIpc) is 2.39. The van der Waals surface area contributed by atoms with Crippen LogP contribution in [0.15, 0.2) is 0 Å². The highest BCUT2D eigenvalue weighted by atomic mass is 28.4. The molecule has 0 radical (unpaired) electrons. The number of halogens is 1. The number of hydrogen-bond donors (Lipinski definition) is 0. The van der Waals surface area contributed by atoms with E-state index in [4.69, 9.17) is 13.3 Å². The van der Waals surface area contributed by atoms with Gasteiger partial charge < -0.3 is 13.3 Å². The first-order chi connectivity index (χ1) is 8.74. The van der Waals surface area contributed by atoms with Crippen molar-refractivity contribution in [2.45, 2.75) is 59.3 Å². The lowest BCUT2D eigenvalue weighted by atomic mass is 10.4. The van der Waals surface area contributed by atoms with E-state index in [1.807, 2.05) is 0 Å². The molecule has 0 aliphatic rings. The Morgan fingerprint density at radius 3 is 1.28 bits per heavy atom. The van der Waals surface area contributed by atoms with E-state index in [9.17, 15) is 4.39 Å². The predicted molar refractivity (Wildman–Crippen MR) is 74.3 cm³/mol. The van der Waals surface area contributed by atoms with Gasteiger partial charge in [0.05, 0.1) is 0 Å². The lowest BCUT2D eigenvalue weighted by molar-refractivity contribution is 0.0479. The normalized spacial score (nSPS) is 12.0. The highest BCUT2D eigenvalue weighted by Gasteiger charge is 2.41. The molecule has 5 heteroatoms. The van der Waals surface area contributed by atoms with Crippen molar-refractivity contribution in [3.8, 4) is 0 Å². The summed E-state index contributed by atoms with van der Waals surface area (Å²) in [6, 6.07) is 0. The summed E-state index contributed by atoms with van der Waals surface area (Å²) in [5.74, 6) is 0. The molecule has 0 aliphatic heterocycles. The van der Waals surface area contributed by atoms with Gasteiger partial charge in [-0.25, -0.2) is 4.39 Å². The second-order valence-electron chi connectivity index (χ2n) is 4.42. The van der Waals surface area contributed by atoms with Gasteiger partial charge in [-0.05, 0) is 19.3 Å². The van der Waals surface area contributed by atoms with E-state index in [0.717, 1.165) is 38.5 Å². The van der Waals surface area contributed by atoms with E-state index in [0.29, 0.717) is 19.8 Å². The summed E-state index contributed by atoms with van der Waals surface area (Å²) >= 11 is 0. The molecule has 0 bridgehead atoms. The number of unbranched alkanes of at least 4 members (excludes halogenated alkanes) is 3. The Hall–Kier alpha value is 0.0269. The number of alkyl halides is 1. The third-order valence-electron chi connectivity index (χ3n) is 2.62. The Kier molecular flexibility index (Phi) is 12.1. The number of rotatable bonds is 13. The van der Waals surface area contributed by atoms with E-state index < -0.39 is 15.1 Å². The fourth-order valence-electron chi connectivity index (χ4n) is 1.36. The summed E-state index contributed by atoms with van der Waals surface area (Å²) in [6.07, 6.45) is 5.22. The molecule has 0 aromatic heterocycles. The monoisotopic (exact) mass is 280 g/mol. The van der Waals surface area contributed by atoms with Crippen molar-refractivity contribution in [3.63, 3.8) is 0 Å². The zero-order chi connectivity index (χ0) is 13.7. The van der Waals surface area contributed by atoms with Crippen LogP contribution in [0.25, 0.3) is 0 Å². The van der Waals surface area contributed by atoms with Crippen molar-refractivity contribution in [3.05, 3.63) is 0 Å². The van der Waals surface area contributed by atoms with E-state index in [2.05, 4.69) is 20.8 Å². The lowest BCUT2D eigenvalue weighted by Crippen LogP contribution is -2.49. The van der Waals surface area contributed by atoms with Crippen molar-refractivity contribution >= 4 is 8.80 Å². The third kappa shape index (κ3) is 8.19. The molecule has 0 N–H and O–H groups in total. The van der Waals surface area contributed by atoms with Crippen LogP contribution < -0.4 is 0 Å². The second-order valence-corrected chi connectivity index (χ2v) is 6.92. The smallest absolute Gasteiger partial charge is 0.372 e. The van der Waals surface area contributed by atoms with Gasteiger partial charge in [-0.2, -0.15) is 0 Å². The van der Waals surface area contributed by atoms with Crippen LogP contribution in [0.2, 0.25) is 0 Å². The molecule has 3 nitrogen and oxygen atoms in total. The van der Waals surface area contributed by atoms with Gasteiger partial charge in [-0.15, -0.1) is 0 Å². The zero-order valence-electron chi connectivity index (χ0n) is 12.2. The Balaban J connectivity index is 4.20. The molecule has 0 spiro atoms. The molecule has 0 rings (SSSR count). The summed E-state index contributed by atoms with van der Waals surface area (Å²) < 4.78 is 30.2. The lowest BCUT2D eigenvalue weighted by Gasteiger charge is -2.27. The quantitative estimate of drug-likeness (QED) is 0.378. The highest BCUT2D eigenvalue weighted by Crippen LogP contribution is 2.14. The fourth-order valence-corrected chi connectivity index (χ4v) is 3.20. The first-order valence-electron chi connectivity index (χ1n) is 7.22. The summed E-state index contributed by atoms with van der Waals surface area (Å²) in [5, 5.41) is 0. The van der Waals surface area contributed by atoms with E-state index in [-0.39, 0.29) is 0 Å². The molecule has 0 fully saturated rings. The molecule has 0 aliphatic carbocycles. The van der Waals surface area contributed by atoms with Gasteiger partial charge in [-0.1, -0.05) is 40.0 Å².